The molecule has 2 saturated heterocycles. The smallest absolute Gasteiger partial charge is 0.251 e. The summed E-state index contributed by atoms with van der Waals surface area (Å²) >= 11 is 0. The Morgan fingerprint density at radius 1 is 1.12 bits per heavy atom. The Labute approximate surface area is 204 Å². The zero-order valence-corrected chi connectivity index (χ0v) is 21.7. The van der Waals surface area contributed by atoms with Gasteiger partial charge in [0, 0.05) is 44.5 Å². The van der Waals surface area contributed by atoms with Crippen molar-refractivity contribution in [2.24, 2.45) is 11.8 Å². The van der Waals surface area contributed by atoms with Gasteiger partial charge in [0.2, 0.25) is 5.91 Å². The molecule has 0 saturated carbocycles. The minimum atomic E-state index is -0.638. The monoisotopic (exact) mass is 470 g/mol. The lowest BCUT2D eigenvalue weighted by Crippen LogP contribution is -2.52. The predicted molar refractivity (Wildman–Crippen MR) is 136 cm³/mol. The van der Waals surface area contributed by atoms with Gasteiger partial charge in [0.1, 0.15) is 12.1 Å². The summed E-state index contributed by atoms with van der Waals surface area (Å²) in [5.41, 5.74) is 1.53. The number of nitrogens with zero attached hydrogens (tertiary/aromatic N) is 3. The maximum absolute atomic E-state index is 13.7. The molecule has 0 spiro atoms. The molecule has 0 aliphatic carbocycles. The van der Waals surface area contributed by atoms with Crippen molar-refractivity contribution < 1.29 is 14.4 Å². The summed E-state index contributed by atoms with van der Waals surface area (Å²) in [4.78, 5) is 45.7. The molecular formula is C27H42N4O3. The third-order valence-corrected chi connectivity index (χ3v) is 7.41. The summed E-state index contributed by atoms with van der Waals surface area (Å²) in [6.45, 7) is 10.4. The second-order valence-corrected chi connectivity index (χ2v) is 10.5. The Bertz CT molecular complexity index is 863. The maximum atomic E-state index is 13.7. The van der Waals surface area contributed by atoms with Crippen LogP contribution in [0.2, 0.25) is 0 Å². The molecule has 0 bridgehead atoms. The molecule has 2 amide bonds. The summed E-state index contributed by atoms with van der Waals surface area (Å²) in [6.07, 6.45) is 3.55. The third-order valence-electron chi connectivity index (χ3n) is 7.41. The molecule has 34 heavy (non-hydrogen) atoms. The number of amides is 2. The molecule has 0 radical (unpaired) electrons. The van der Waals surface area contributed by atoms with Gasteiger partial charge in [-0.05, 0) is 48.9 Å². The molecule has 1 N–H and O–H groups in total. The molecule has 2 heterocycles. The highest BCUT2D eigenvalue weighted by molar-refractivity contribution is 5.99. The van der Waals surface area contributed by atoms with Crippen LogP contribution in [0.15, 0.2) is 24.3 Å². The fourth-order valence-corrected chi connectivity index (χ4v) is 5.33. The van der Waals surface area contributed by atoms with Crippen molar-refractivity contribution in [3.05, 3.63) is 29.8 Å². The van der Waals surface area contributed by atoms with Crippen LogP contribution in [0.4, 0.5) is 5.69 Å². The second kappa shape index (κ2) is 11.3. The van der Waals surface area contributed by atoms with E-state index in [2.05, 4.69) is 24.1 Å². The second-order valence-electron chi connectivity index (χ2n) is 10.5. The van der Waals surface area contributed by atoms with E-state index in [1.165, 1.54) is 0 Å². The number of benzene rings is 1. The molecule has 3 atom stereocenters. The van der Waals surface area contributed by atoms with Crippen LogP contribution in [0.25, 0.3) is 0 Å². The number of carbonyl (C=O) groups is 3. The quantitative estimate of drug-likeness (QED) is 0.569. The lowest BCUT2D eigenvalue weighted by atomic mass is 10.0. The Kier molecular flexibility index (Phi) is 8.74. The number of hydrogen-bond acceptors (Lipinski definition) is 5. The van der Waals surface area contributed by atoms with Crippen LogP contribution in [-0.2, 0) is 9.59 Å². The molecular weight excluding hydrogens is 428 g/mol. The van der Waals surface area contributed by atoms with Crippen LogP contribution in [0.1, 0.15) is 63.7 Å². The van der Waals surface area contributed by atoms with Crippen molar-refractivity contribution in [1.29, 1.82) is 0 Å². The zero-order valence-electron chi connectivity index (χ0n) is 21.7. The average Bonchev–Trinajstić information content (AvgIpc) is 3.37. The zero-order chi connectivity index (χ0) is 25.0. The number of nitrogens with one attached hydrogen (secondary N) is 1. The van der Waals surface area contributed by atoms with Crippen molar-refractivity contribution >= 4 is 23.3 Å². The van der Waals surface area contributed by atoms with Crippen molar-refractivity contribution in [1.82, 2.24) is 15.1 Å². The Morgan fingerprint density at radius 3 is 2.32 bits per heavy atom. The standard InChI is InChI=1S/C27H42N4O3/c1-7-19(8-2)16-30-17-24(32)25-23(30)13-14-31(25)27(34)22(15-18(3)4)28-26(33)20-9-11-21(12-10-20)29(5)6/h9-12,18-19,22-23,25H,7-8,13-17H2,1-6H3,(H,28,33)/t22-,23+,25-/m0/s1. The Hall–Kier alpha value is -2.41. The number of rotatable bonds is 10. The van der Waals surface area contributed by atoms with Crippen LogP contribution in [0.5, 0.6) is 0 Å². The lowest BCUT2D eigenvalue weighted by molar-refractivity contribution is -0.138. The molecule has 7 heteroatoms. The number of hydrogen-bond donors (Lipinski definition) is 1. The minimum Gasteiger partial charge on any atom is -0.378 e. The normalized spacial score (nSPS) is 21.3. The first kappa shape index (κ1) is 26.2. The van der Waals surface area contributed by atoms with E-state index in [0.717, 1.165) is 31.5 Å². The van der Waals surface area contributed by atoms with E-state index in [1.807, 2.05) is 45.0 Å². The Balaban J connectivity index is 1.72. The first-order valence-electron chi connectivity index (χ1n) is 12.8. The predicted octanol–water partition coefficient (Wildman–Crippen LogP) is 3.19. The van der Waals surface area contributed by atoms with Gasteiger partial charge in [0.15, 0.2) is 5.78 Å². The molecule has 1 aromatic rings. The molecule has 2 aliphatic heterocycles. The van der Waals surface area contributed by atoms with Gasteiger partial charge in [0.25, 0.3) is 5.91 Å². The maximum Gasteiger partial charge on any atom is 0.251 e. The highest BCUT2D eigenvalue weighted by atomic mass is 16.2. The van der Waals surface area contributed by atoms with E-state index in [4.69, 9.17) is 0 Å². The van der Waals surface area contributed by atoms with E-state index < -0.39 is 6.04 Å². The summed E-state index contributed by atoms with van der Waals surface area (Å²) in [5.74, 6) is 0.554. The fraction of sp³-hybridized carbons (Fsp3) is 0.667. The lowest BCUT2D eigenvalue weighted by Gasteiger charge is -2.29. The molecule has 188 valence electrons. The molecule has 1 aromatic carbocycles. The largest absolute Gasteiger partial charge is 0.378 e. The number of ketones is 1. The highest BCUT2D eigenvalue weighted by Gasteiger charge is 2.50. The van der Waals surface area contributed by atoms with E-state index in [9.17, 15) is 14.4 Å². The number of carbonyl (C=O) groups excluding carboxylic acids is 3. The van der Waals surface area contributed by atoms with Crippen molar-refractivity contribution in [3.8, 4) is 0 Å². The first-order valence-corrected chi connectivity index (χ1v) is 12.8. The van der Waals surface area contributed by atoms with Gasteiger partial charge in [-0.3, -0.25) is 19.3 Å². The Morgan fingerprint density at radius 2 is 1.76 bits per heavy atom. The first-order chi connectivity index (χ1) is 16.2. The van der Waals surface area contributed by atoms with Crippen LogP contribution in [0, 0.1) is 11.8 Å². The van der Waals surface area contributed by atoms with E-state index in [0.29, 0.717) is 31.0 Å². The van der Waals surface area contributed by atoms with Gasteiger partial charge in [-0.15, -0.1) is 0 Å². The van der Waals surface area contributed by atoms with Crippen LogP contribution < -0.4 is 10.2 Å². The van der Waals surface area contributed by atoms with Crippen LogP contribution in [0.3, 0.4) is 0 Å². The molecule has 0 unspecified atom stereocenters. The topological polar surface area (TPSA) is 73.0 Å². The van der Waals surface area contributed by atoms with Gasteiger partial charge in [-0.1, -0.05) is 40.5 Å². The fourth-order valence-electron chi connectivity index (χ4n) is 5.33. The van der Waals surface area contributed by atoms with Crippen molar-refractivity contribution in [2.45, 2.75) is 71.5 Å². The highest BCUT2D eigenvalue weighted by Crippen LogP contribution is 2.32. The number of fused-ring (bicyclic) bond motifs is 1. The SMILES string of the molecule is CCC(CC)CN1CC(=O)[C@@H]2[C@H]1CCN2C(=O)[C@H](CC(C)C)NC(=O)c1ccc(N(C)C)cc1. The molecule has 3 rings (SSSR count). The summed E-state index contributed by atoms with van der Waals surface area (Å²) in [5, 5.41) is 2.98. The molecule has 2 aliphatic rings. The molecule has 0 aromatic heterocycles. The third kappa shape index (κ3) is 5.80. The van der Waals surface area contributed by atoms with E-state index in [-0.39, 0.29) is 35.6 Å². The molecule has 7 nitrogen and oxygen atoms in total. The van der Waals surface area contributed by atoms with E-state index >= 15 is 0 Å². The van der Waals surface area contributed by atoms with Crippen molar-refractivity contribution in [3.63, 3.8) is 0 Å². The van der Waals surface area contributed by atoms with Gasteiger partial charge >= 0.3 is 0 Å². The van der Waals surface area contributed by atoms with Gasteiger partial charge in [-0.25, -0.2) is 0 Å². The number of anilines is 1. The summed E-state index contributed by atoms with van der Waals surface area (Å²) in [6, 6.07) is 6.43. The number of Topliss-reactive ketones (excluding diaryl/α,β-unsaturated/α-hetero) is 1. The van der Waals surface area contributed by atoms with Crippen LogP contribution >= 0.6 is 0 Å². The summed E-state index contributed by atoms with van der Waals surface area (Å²) < 4.78 is 0. The summed E-state index contributed by atoms with van der Waals surface area (Å²) in [7, 11) is 3.90. The molecule has 2 fully saturated rings. The van der Waals surface area contributed by atoms with E-state index in [1.54, 1.807) is 17.0 Å². The van der Waals surface area contributed by atoms with Crippen molar-refractivity contribution in [2.75, 3.05) is 38.6 Å². The van der Waals surface area contributed by atoms with Gasteiger partial charge in [-0.2, -0.15) is 0 Å². The average molecular weight is 471 g/mol. The van der Waals surface area contributed by atoms with Crippen LogP contribution in [-0.4, -0.2) is 79.3 Å². The van der Waals surface area contributed by atoms with Gasteiger partial charge < -0.3 is 15.1 Å². The minimum absolute atomic E-state index is 0.103. The van der Waals surface area contributed by atoms with Gasteiger partial charge in [0.05, 0.1) is 6.54 Å². The number of likely N-dealkylation sites (tertiary alicyclic amines) is 2.